The van der Waals surface area contributed by atoms with Gasteiger partial charge in [-0.1, -0.05) is 18.7 Å². The number of ether oxygens (including phenoxy) is 1. The average Bonchev–Trinajstić information content (AvgIpc) is 2.98. The van der Waals surface area contributed by atoms with Crippen molar-refractivity contribution in [2.75, 3.05) is 13.2 Å². The topological polar surface area (TPSA) is 51.7 Å². The number of carbonyl (C=O) groups is 1. The first kappa shape index (κ1) is 20.8. The summed E-state index contributed by atoms with van der Waals surface area (Å²) in [5, 5.41) is 2.16. The minimum absolute atomic E-state index is 0.185. The largest absolute Gasteiger partial charge is 0.461 e. The highest BCUT2D eigenvalue weighted by Crippen LogP contribution is 2.33. The van der Waals surface area contributed by atoms with Crippen LogP contribution >= 0.6 is 0 Å². The number of hydroxylamine groups is 2. The fraction of sp³-hybridized carbons (Fsp3) is 0.600. The lowest BCUT2D eigenvalue weighted by molar-refractivity contribution is -0.152. The Balaban J connectivity index is 1.96. The number of rotatable bonds is 9. The standard InChI is InChI=1S/C20H32N2O3Si/c1-6-13-24-19(23)20(2,3)16-26(4,5)25-22-12-8-10-18(22)14-17-9-7-11-21-15-17/h6-7,9,11,15,18H,1,8,10,12-14,16H2,2-5H3. The molecule has 26 heavy (non-hydrogen) atoms. The highest BCUT2D eigenvalue weighted by Gasteiger charge is 2.41. The zero-order valence-electron chi connectivity index (χ0n) is 16.5. The molecule has 1 atom stereocenters. The van der Waals surface area contributed by atoms with E-state index in [4.69, 9.17) is 9.26 Å². The van der Waals surface area contributed by atoms with Crippen LogP contribution in [0.3, 0.4) is 0 Å². The van der Waals surface area contributed by atoms with Crippen molar-refractivity contribution >= 4 is 14.3 Å². The molecule has 0 bridgehead atoms. The van der Waals surface area contributed by atoms with E-state index in [0.29, 0.717) is 12.1 Å². The van der Waals surface area contributed by atoms with E-state index in [-0.39, 0.29) is 12.6 Å². The van der Waals surface area contributed by atoms with Crippen LogP contribution in [-0.2, 0) is 20.5 Å². The fourth-order valence-corrected chi connectivity index (χ4v) is 6.95. The van der Waals surface area contributed by atoms with Gasteiger partial charge >= 0.3 is 5.97 Å². The fourth-order valence-electron chi connectivity index (χ4n) is 3.74. The lowest BCUT2D eigenvalue weighted by atomic mass is 9.97. The van der Waals surface area contributed by atoms with Crippen LogP contribution in [0.4, 0.5) is 0 Å². The second-order valence-corrected chi connectivity index (χ2v) is 12.4. The molecule has 5 nitrogen and oxygen atoms in total. The molecule has 0 radical (unpaired) electrons. The van der Waals surface area contributed by atoms with Gasteiger partial charge in [-0.3, -0.25) is 9.78 Å². The molecular weight excluding hydrogens is 344 g/mol. The molecule has 1 aromatic rings. The number of nitrogens with zero attached hydrogens (tertiary/aromatic N) is 2. The average molecular weight is 377 g/mol. The number of carbonyl (C=O) groups excluding carboxylic acids is 1. The molecule has 6 heteroatoms. The van der Waals surface area contributed by atoms with Crippen molar-refractivity contribution in [1.29, 1.82) is 0 Å². The maximum absolute atomic E-state index is 12.3. The highest BCUT2D eigenvalue weighted by molar-refractivity contribution is 6.71. The van der Waals surface area contributed by atoms with Crippen molar-refractivity contribution in [3.05, 3.63) is 42.7 Å². The van der Waals surface area contributed by atoms with Crippen LogP contribution in [0.1, 0.15) is 32.3 Å². The van der Waals surface area contributed by atoms with Crippen molar-refractivity contribution in [3.63, 3.8) is 0 Å². The first-order valence-electron chi connectivity index (χ1n) is 9.36. The van der Waals surface area contributed by atoms with E-state index in [0.717, 1.165) is 25.8 Å². The van der Waals surface area contributed by atoms with E-state index in [1.54, 1.807) is 12.3 Å². The summed E-state index contributed by atoms with van der Waals surface area (Å²) in [7, 11) is -2.08. The molecule has 0 spiro atoms. The summed E-state index contributed by atoms with van der Waals surface area (Å²) in [6.45, 7) is 13.0. The minimum Gasteiger partial charge on any atom is -0.461 e. The van der Waals surface area contributed by atoms with Gasteiger partial charge in [0.1, 0.15) is 6.61 Å². The van der Waals surface area contributed by atoms with Crippen LogP contribution < -0.4 is 0 Å². The van der Waals surface area contributed by atoms with Crippen molar-refractivity contribution in [2.24, 2.45) is 5.41 Å². The Morgan fingerprint density at radius 2 is 2.27 bits per heavy atom. The van der Waals surface area contributed by atoms with Gasteiger partial charge in [0.15, 0.2) is 0 Å². The second-order valence-electron chi connectivity index (χ2n) is 8.30. The Bertz CT molecular complexity index is 604. The lowest BCUT2D eigenvalue weighted by Gasteiger charge is -2.36. The van der Waals surface area contributed by atoms with Crippen LogP contribution in [-0.4, -0.2) is 43.5 Å². The molecule has 0 aliphatic carbocycles. The Hall–Kier alpha value is -1.50. The lowest BCUT2D eigenvalue weighted by Crippen LogP contribution is -2.46. The molecule has 2 rings (SSSR count). The third-order valence-corrected chi connectivity index (χ3v) is 7.10. The summed E-state index contributed by atoms with van der Waals surface area (Å²) in [4.78, 5) is 16.5. The van der Waals surface area contributed by atoms with Gasteiger partial charge in [0, 0.05) is 25.0 Å². The van der Waals surface area contributed by atoms with Gasteiger partial charge in [-0.15, -0.1) is 0 Å². The molecule has 1 aliphatic rings. The van der Waals surface area contributed by atoms with Gasteiger partial charge < -0.3 is 9.26 Å². The molecule has 1 fully saturated rings. The Morgan fingerprint density at radius 3 is 2.92 bits per heavy atom. The minimum atomic E-state index is -2.08. The number of aromatic nitrogens is 1. The zero-order chi connectivity index (χ0) is 19.2. The van der Waals surface area contributed by atoms with Crippen molar-refractivity contribution in [1.82, 2.24) is 10.0 Å². The summed E-state index contributed by atoms with van der Waals surface area (Å²) in [6, 6.07) is 5.18. The van der Waals surface area contributed by atoms with Crippen molar-refractivity contribution < 1.29 is 14.1 Å². The molecule has 1 aromatic heterocycles. The summed E-state index contributed by atoms with van der Waals surface area (Å²) in [6.07, 6.45) is 8.54. The van der Waals surface area contributed by atoms with Crippen LogP contribution in [0.2, 0.25) is 19.1 Å². The van der Waals surface area contributed by atoms with E-state index in [2.05, 4.69) is 35.8 Å². The van der Waals surface area contributed by atoms with Gasteiger partial charge in [-0.2, -0.15) is 5.06 Å². The number of hydrogen-bond acceptors (Lipinski definition) is 5. The third kappa shape index (κ3) is 6.04. The third-order valence-electron chi connectivity index (χ3n) is 4.63. The van der Waals surface area contributed by atoms with Crippen molar-refractivity contribution in [3.8, 4) is 0 Å². The van der Waals surface area contributed by atoms with Gasteiger partial charge in [0.2, 0.25) is 8.32 Å². The number of pyridine rings is 1. The van der Waals surface area contributed by atoms with Crippen LogP contribution in [0.5, 0.6) is 0 Å². The van der Waals surface area contributed by atoms with E-state index in [9.17, 15) is 4.79 Å². The summed E-state index contributed by atoms with van der Waals surface area (Å²) in [5.74, 6) is -0.185. The van der Waals surface area contributed by atoms with Crippen LogP contribution in [0, 0.1) is 5.41 Å². The van der Waals surface area contributed by atoms with Crippen molar-refractivity contribution in [2.45, 2.75) is 58.3 Å². The maximum atomic E-state index is 12.3. The molecule has 1 aliphatic heterocycles. The Morgan fingerprint density at radius 1 is 1.50 bits per heavy atom. The predicted octanol–water partition coefficient (Wildman–Crippen LogP) is 3.98. The normalized spacial score (nSPS) is 18.7. The van der Waals surface area contributed by atoms with Crippen LogP contribution in [0.15, 0.2) is 37.2 Å². The number of hydrogen-bond donors (Lipinski definition) is 0. The Kier molecular flexibility index (Phi) is 7.14. The first-order chi connectivity index (χ1) is 12.2. The van der Waals surface area contributed by atoms with Gasteiger partial charge in [-0.25, -0.2) is 0 Å². The predicted molar refractivity (Wildman–Crippen MR) is 106 cm³/mol. The molecule has 1 saturated heterocycles. The zero-order valence-corrected chi connectivity index (χ0v) is 17.5. The van der Waals surface area contributed by atoms with E-state index in [1.165, 1.54) is 5.56 Å². The van der Waals surface area contributed by atoms with E-state index >= 15 is 0 Å². The summed E-state index contributed by atoms with van der Waals surface area (Å²) in [5.41, 5.74) is 0.679. The molecular formula is C20H32N2O3Si. The molecule has 1 unspecified atom stereocenters. The maximum Gasteiger partial charge on any atom is 0.311 e. The second kappa shape index (κ2) is 8.93. The van der Waals surface area contributed by atoms with Gasteiger partial charge in [-0.05, 0) is 63.9 Å². The number of esters is 1. The summed E-state index contributed by atoms with van der Waals surface area (Å²) < 4.78 is 11.8. The molecule has 0 saturated carbocycles. The molecule has 0 amide bonds. The monoisotopic (exact) mass is 376 g/mol. The molecule has 0 aromatic carbocycles. The SMILES string of the molecule is C=CCOC(=O)C(C)(C)C[Si](C)(C)ON1CCCC1Cc1cccnc1. The van der Waals surface area contributed by atoms with E-state index < -0.39 is 13.7 Å². The summed E-state index contributed by atoms with van der Waals surface area (Å²) >= 11 is 0. The first-order valence-corrected chi connectivity index (χ1v) is 12.5. The quantitative estimate of drug-likeness (QED) is 0.371. The molecule has 2 heterocycles. The van der Waals surface area contributed by atoms with E-state index in [1.807, 2.05) is 26.1 Å². The van der Waals surface area contributed by atoms with Crippen LogP contribution in [0.25, 0.3) is 0 Å². The molecule has 144 valence electrons. The van der Waals surface area contributed by atoms with Gasteiger partial charge in [0.25, 0.3) is 0 Å². The Labute approximate surface area is 158 Å². The smallest absolute Gasteiger partial charge is 0.311 e. The van der Waals surface area contributed by atoms with Gasteiger partial charge in [0.05, 0.1) is 5.41 Å². The highest BCUT2D eigenvalue weighted by atomic mass is 28.4. The molecule has 0 N–H and O–H groups in total.